The second-order valence-corrected chi connectivity index (χ2v) is 7.69. The van der Waals surface area contributed by atoms with Gasteiger partial charge in [-0.2, -0.15) is 0 Å². The van der Waals surface area contributed by atoms with E-state index in [1.807, 2.05) is 34.9 Å². The van der Waals surface area contributed by atoms with Gasteiger partial charge in [0.2, 0.25) is 0 Å². The number of para-hydroxylation sites is 1. The van der Waals surface area contributed by atoms with E-state index in [0.717, 1.165) is 10.8 Å². The van der Waals surface area contributed by atoms with Crippen LogP contribution in [0.4, 0.5) is 0 Å². The fourth-order valence-corrected chi connectivity index (χ4v) is 3.37. The molecule has 0 aliphatic carbocycles. The Balaban J connectivity index is 1.79. The van der Waals surface area contributed by atoms with E-state index in [1.54, 1.807) is 43.1 Å². The van der Waals surface area contributed by atoms with Gasteiger partial charge in [-0.15, -0.1) is 10.2 Å². The van der Waals surface area contributed by atoms with Gasteiger partial charge in [0.15, 0.2) is 11.0 Å². The van der Waals surface area contributed by atoms with Gasteiger partial charge in [-0.25, -0.2) is 0 Å². The van der Waals surface area contributed by atoms with Gasteiger partial charge >= 0.3 is 0 Å². The minimum absolute atomic E-state index is 0.168. The van der Waals surface area contributed by atoms with Crippen LogP contribution in [0, 0.1) is 0 Å². The highest BCUT2D eigenvalue weighted by molar-refractivity contribution is 7.99. The Morgan fingerprint density at radius 3 is 2.44 bits per heavy atom. The summed E-state index contributed by atoms with van der Waals surface area (Å²) in [4.78, 5) is 12.4. The van der Waals surface area contributed by atoms with Gasteiger partial charge in [-0.05, 0) is 36.4 Å². The van der Waals surface area contributed by atoms with Crippen molar-refractivity contribution in [3.63, 3.8) is 0 Å². The topological polar surface area (TPSA) is 69.0 Å². The molecule has 0 atom stereocenters. The van der Waals surface area contributed by atoms with Gasteiger partial charge in [0, 0.05) is 16.5 Å². The van der Waals surface area contributed by atoms with Gasteiger partial charge in [-0.3, -0.25) is 9.36 Å². The van der Waals surface area contributed by atoms with E-state index in [4.69, 9.17) is 4.74 Å². The Labute approximate surface area is 163 Å². The highest BCUT2D eigenvalue weighted by Gasteiger charge is 2.16. The van der Waals surface area contributed by atoms with Crippen LogP contribution < -0.4 is 10.1 Å². The molecule has 0 unspecified atom stereocenters. The van der Waals surface area contributed by atoms with E-state index in [0.29, 0.717) is 22.4 Å². The van der Waals surface area contributed by atoms with E-state index >= 15 is 0 Å². The van der Waals surface area contributed by atoms with E-state index < -0.39 is 0 Å². The van der Waals surface area contributed by atoms with Gasteiger partial charge in [0.25, 0.3) is 5.91 Å². The summed E-state index contributed by atoms with van der Waals surface area (Å²) < 4.78 is 7.11. The molecule has 3 aromatic rings. The number of ether oxygens (including phenoxy) is 1. The minimum atomic E-state index is -0.168. The third-order valence-corrected chi connectivity index (χ3v) is 4.76. The third-order valence-electron chi connectivity index (χ3n) is 3.82. The molecule has 0 saturated carbocycles. The smallest absolute Gasteiger partial charge is 0.251 e. The van der Waals surface area contributed by atoms with Crippen molar-refractivity contribution in [3.8, 4) is 11.4 Å². The number of amides is 1. The van der Waals surface area contributed by atoms with Gasteiger partial charge < -0.3 is 10.1 Å². The van der Waals surface area contributed by atoms with Crippen molar-refractivity contribution in [2.24, 2.45) is 0 Å². The lowest BCUT2D eigenvalue weighted by molar-refractivity contribution is 0.0949. The largest absolute Gasteiger partial charge is 0.497 e. The summed E-state index contributed by atoms with van der Waals surface area (Å²) >= 11 is 1.64. The number of benzene rings is 2. The van der Waals surface area contributed by atoms with Crippen molar-refractivity contribution in [1.82, 2.24) is 20.1 Å². The normalized spacial score (nSPS) is 10.8. The predicted molar refractivity (Wildman–Crippen MR) is 107 cm³/mol. The Bertz CT molecular complexity index is 892. The molecule has 0 spiro atoms. The average Bonchev–Trinajstić information content (AvgIpc) is 3.08. The highest BCUT2D eigenvalue weighted by atomic mass is 32.2. The molecule has 0 radical (unpaired) electrons. The van der Waals surface area contributed by atoms with Crippen LogP contribution >= 0.6 is 11.8 Å². The Morgan fingerprint density at radius 2 is 1.81 bits per heavy atom. The molecule has 3 rings (SSSR count). The number of hydrogen-bond acceptors (Lipinski definition) is 5. The van der Waals surface area contributed by atoms with Crippen LogP contribution in [0.25, 0.3) is 5.69 Å². The number of rotatable bonds is 7. The zero-order chi connectivity index (χ0) is 19.2. The summed E-state index contributed by atoms with van der Waals surface area (Å²) in [5.41, 5.74) is 1.54. The molecule has 1 heterocycles. The van der Waals surface area contributed by atoms with Crippen LogP contribution in [-0.2, 0) is 6.54 Å². The summed E-state index contributed by atoms with van der Waals surface area (Å²) in [5.74, 6) is 1.23. The van der Waals surface area contributed by atoms with Crippen LogP contribution in [0.3, 0.4) is 0 Å². The first-order valence-corrected chi connectivity index (χ1v) is 9.55. The van der Waals surface area contributed by atoms with Crippen LogP contribution in [-0.4, -0.2) is 33.0 Å². The number of hydrogen-bond donors (Lipinski definition) is 1. The molecule has 0 saturated heterocycles. The molecule has 2 aromatic carbocycles. The van der Waals surface area contributed by atoms with Crippen LogP contribution in [0.1, 0.15) is 30.0 Å². The maximum absolute atomic E-state index is 12.4. The van der Waals surface area contributed by atoms with E-state index in [9.17, 15) is 4.79 Å². The fourth-order valence-electron chi connectivity index (χ4n) is 2.54. The Kier molecular flexibility index (Phi) is 6.13. The number of carbonyl (C=O) groups excluding carboxylic acids is 1. The van der Waals surface area contributed by atoms with E-state index in [1.165, 1.54) is 0 Å². The summed E-state index contributed by atoms with van der Waals surface area (Å²) in [5, 5.41) is 12.7. The molecule has 27 heavy (non-hydrogen) atoms. The van der Waals surface area contributed by atoms with Crippen molar-refractivity contribution < 1.29 is 9.53 Å². The number of carbonyl (C=O) groups is 1. The molecule has 1 N–H and O–H groups in total. The number of nitrogens with zero attached hydrogens (tertiary/aromatic N) is 3. The molecule has 0 aliphatic rings. The summed E-state index contributed by atoms with van der Waals surface area (Å²) in [6.07, 6.45) is 0. The minimum Gasteiger partial charge on any atom is -0.497 e. The molecule has 140 valence electrons. The average molecular weight is 382 g/mol. The van der Waals surface area contributed by atoms with Gasteiger partial charge in [0.05, 0.1) is 13.7 Å². The van der Waals surface area contributed by atoms with Crippen molar-refractivity contribution >= 4 is 17.7 Å². The first-order valence-electron chi connectivity index (χ1n) is 8.67. The zero-order valence-corrected chi connectivity index (χ0v) is 16.4. The standard InChI is InChI=1S/C20H22N4O2S/c1-14(2)27-20-23-22-18(24(20)16-7-5-4-6-8-16)13-21-19(25)15-9-11-17(26-3)12-10-15/h4-12,14H,13H2,1-3H3,(H,21,25). The summed E-state index contributed by atoms with van der Waals surface area (Å²) in [7, 11) is 1.60. The molecular formula is C20H22N4O2S. The maximum atomic E-state index is 12.4. The quantitative estimate of drug-likeness (QED) is 0.631. The van der Waals surface area contributed by atoms with Crippen molar-refractivity contribution in [3.05, 3.63) is 66.0 Å². The number of aromatic nitrogens is 3. The lowest BCUT2D eigenvalue weighted by Crippen LogP contribution is -2.24. The molecule has 0 fully saturated rings. The fraction of sp³-hybridized carbons (Fsp3) is 0.250. The van der Waals surface area contributed by atoms with E-state index in [-0.39, 0.29) is 12.5 Å². The lowest BCUT2D eigenvalue weighted by Gasteiger charge is -2.12. The second kappa shape index (κ2) is 8.73. The number of methoxy groups -OCH3 is 1. The Morgan fingerprint density at radius 1 is 1.11 bits per heavy atom. The second-order valence-electron chi connectivity index (χ2n) is 6.15. The first-order chi connectivity index (χ1) is 13.1. The SMILES string of the molecule is COc1ccc(C(=O)NCc2nnc(SC(C)C)n2-c2ccccc2)cc1. The highest BCUT2D eigenvalue weighted by Crippen LogP contribution is 2.25. The molecule has 1 aromatic heterocycles. The van der Waals surface area contributed by atoms with Crippen molar-refractivity contribution in [2.45, 2.75) is 30.8 Å². The maximum Gasteiger partial charge on any atom is 0.251 e. The van der Waals surface area contributed by atoms with Crippen LogP contribution in [0.5, 0.6) is 5.75 Å². The van der Waals surface area contributed by atoms with Crippen molar-refractivity contribution in [2.75, 3.05) is 7.11 Å². The van der Waals surface area contributed by atoms with Gasteiger partial charge in [-0.1, -0.05) is 43.8 Å². The third kappa shape index (κ3) is 4.68. The van der Waals surface area contributed by atoms with E-state index in [2.05, 4.69) is 29.4 Å². The molecule has 1 amide bonds. The molecule has 0 bridgehead atoms. The van der Waals surface area contributed by atoms with Crippen LogP contribution in [0.2, 0.25) is 0 Å². The first kappa shape index (κ1) is 19.0. The lowest BCUT2D eigenvalue weighted by atomic mass is 10.2. The Hall–Kier alpha value is -2.80. The van der Waals surface area contributed by atoms with Crippen molar-refractivity contribution in [1.29, 1.82) is 0 Å². The summed E-state index contributed by atoms with van der Waals surface area (Å²) in [6, 6.07) is 16.9. The molecule has 0 aliphatic heterocycles. The summed E-state index contributed by atoms with van der Waals surface area (Å²) in [6.45, 7) is 4.50. The zero-order valence-electron chi connectivity index (χ0n) is 15.5. The molecule has 7 heteroatoms. The number of nitrogens with one attached hydrogen (secondary N) is 1. The van der Waals surface area contributed by atoms with Gasteiger partial charge in [0.1, 0.15) is 5.75 Å². The molecule has 6 nitrogen and oxygen atoms in total. The predicted octanol–water partition coefficient (Wildman–Crippen LogP) is 3.71. The van der Waals surface area contributed by atoms with Crippen LogP contribution in [0.15, 0.2) is 59.8 Å². The monoisotopic (exact) mass is 382 g/mol. The number of thioether (sulfide) groups is 1. The molecular weight excluding hydrogens is 360 g/mol.